The summed E-state index contributed by atoms with van der Waals surface area (Å²) in [6.45, 7) is 8.74. The fraction of sp³-hybridized carbons (Fsp3) is 0.483. The summed E-state index contributed by atoms with van der Waals surface area (Å²) in [5, 5.41) is 4.70. The normalized spacial score (nSPS) is 11.3. The third-order valence-corrected chi connectivity index (χ3v) is 6.37. The van der Waals surface area contributed by atoms with Crippen LogP contribution in [-0.2, 0) is 0 Å². The number of nitrogens with zero attached hydrogens (tertiary/aromatic N) is 1. The summed E-state index contributed by atoms with van der Waals surface area (Å²) in [5.74, 6) is 0.217. The zero-order valence-electron chi connectivity index (χ0n) is 19.8. The first-order chi connectivity index (χ1) is 15.2. The van der Waals surface area contributed by atoms with E-state index in [9.17, 15) is 4.79 Å². The van der Waals surface area contributed by atoms with Gasteiger partial charge in [-0.1, -0.05) is 83.6 Å². The summed E-state index contributed by atoms with van der Waals surface area (Å²) in [6, 6.07) is 17.4. The molecule has 0 bridgehead atoms. The van der Waals surface area contributed by atoms with Crippen LogP contribution in [0, 0.1) is 0 Å². The monoisotopic (exact) mass is 417 g/mol. The minimum absolute atomic E-state index is 0.217. The summed E-state index contributed by atoms with van der Waals surface area (Å²) in [4.78, 5) is 15.1. The van der Waals surface area contributed by atoms with E-state index in [1.165, 1.54) is 67.8 Å². The highest BCUT2D eigenvalue weighted by Crippen LogP contribution is 2.29. The number of benzene rings is 3. The van der Waals surface area contributed by atoms with E-state index >= 15 is 0 Å². The number of rotatable bonds is 13. The van der Waals surface area contributed by atoms with Gasteiger partial charge in [0.1, 0.15) is 0 Å². The van der Waals surface area contributed by atoms with Crippen LogP contribution >= 0.6 is 0 Å². The van der Waals surface area contributed by atoms with Crippen molar-refractivity contribution in [3.8, 4) is 0 Å². The first-order valence-electron chi connectivity index (χ1n) is 12.4. The Balaban J connectivity index is 1.91. The van der Waals surface area contributed by atoms with Gasteiger partial charge in [-0.3, -0.25) is 4.79 Å². The lowest BCUT2D eigenvalue weighted by Crippen LogP contribution is -2.25. The zero-order chi connectivity index (χ0) is 22.1. The Morgan fingerprint density at radius 2 is 1.42 bits per heavy atom. The van der Waals surface area contributed by atoms with Crippen molar-refractivity contribution in [1.82, 2.24) is 0 Å². The Bertz CT molecular complexity index is 979. The quantitative estimate of drug-likeness (QED) is 0.158. The molecule has 0 aromatic heterocycles. The maximum Gasteiger partial charge on any atom is 0.163 e. The SMILES string of the molecule is CCCCCCN(CCCCCC)c1ccc2cc3cccc(C(=O)CC)c3cc2c1. The predicted octanol–water partition coefficient (Wildman–Crippen LogP) is 8.55. The number of unbranched alkanes of at least 4 members (excludes halogenated alkanes) is 6. The molecule has 0 saturated heterocycles. The number of carbonyl (C=O) groups is 1. The lowest BCUT2D eigenvalue weighted by molar-refractivity contribution is 0.0990. The van der Waals surface area contributed by atoms with Crippen LogP contribution in [0.2, 0.25) is 0 Å². The maximum atomic E-state index is 12.5. The Morgan fingerprint density at radius 1 is 0.710 bits per heavy atom. The molecule has 0 radical (unpaired) electrons. The largest absolute Gasteiger partial charge is 0.372 e. The number of ketones is 1. The summed E-state index contributed by atoms with van der Waals surface area (Å²) < 4.78 is 0. The molecule has 0 aliphatic rings. The van der Waals surface area contributed by atoms with Crippen molar-refractivity contribution in [3.63, 3.8) is 0 Å². The van der Waals surface area contributed by atoms with Crippen molar-refractivity contribution in [1.29, 1.82) is 0 Å². The van der Waals surface area contributed by atoms with Gasteiger partial charge < -0.3 is 4.90 Å². The standard InChI is InChI=1S/C29H39NO/c1-4-7-9-11-18-30(19-12-10-8-5-2)26-17-16-23-20-24-14-13-15-27(29(31)6-3)28(24)22-25(23)21-26/h13-17,20-22H,4-12,18-19H2,1-3H3. The van der Waals surface area contributed by atoms with Gasteiger partial charge in [0.15, 0.2) is 5.78 Å². The summed E-state index contributed by atoms with van der Waals surface area (Å²) in [7, 11) is 0. The van der Waals surface area contributed by atoms with E-state index in [4.69, 9.17) is 0 Å². The van der Waals surface area contributed by atoms with Crippen LogP contribution in [-0.4, -0.2) is 18.9 Å². The van der Waals surface area contributed by atoms with E-state index in [0.29, 0.717) is 6.42 Å². The number of hydrogen-bond acceptors (Lipinski definition) is 2. The second kappa shape index (κ2) is 11.9. The van der Waals surface area contributed by atoms with E-state index in [1.807, 2.05) is 19.1 Å². The minimum atomic E-state index is 0.217. The highest BCUT2D eigenvalue weighted by Gasteiger charge is 2.11. The van der Waals surface area contributed by atoms with Gasteiger partial charge in [-0.15, -0.1) is 0 Å². The molecule has 0 saturated carbocycles. The molecule has 166 valence electrons. The van der Waals surface area contributed by atoms with Crippen LogP contribution in [0.5, 0.6) is 0 Å². The van der Waals surface area contributed by atoms with Crippen LogP contribution in [0.25, 0.3) is 21.5 Å². The van der Waals surface area contributed by atoms with E-state index < -0.39 is 0 Å². The molecule has 0 fully saturated rings. The average Bonchev–Trinajstić information content (AvgIpc) is 2.80. The molecule has 31 heavy (non-hydrogen) atoms. The zero-order valence-corrected chi connectivity index (χ0v) is 19.8. The number of carbonyl (C=O) groups excluding carboxylic acids is 1. The molecule has 0 heterocycles. The van der Waals surface area contributed by atoms with Crippen molar-refractivity contribution in [3.05, 3.63) is 54.1 Å². The fourth-order valence-corrected chi connectivity index (χ4v) is 4.47. The molecule has 0 aliphatic heterocycles. The van der Waals surface area contributed by atoms with Crippen LogP contribution in [0.1, 0.15) is 88.9 Å². The Labute approximate surface area is 188 Å². The number of fused-ring (bicyclic) bond motifs is 2. The molecule has 0 spiro atoms. The fourth-order valence-electron chi connectivity index (χ4n) is 4.47. The smallest absolute Gasteiger partial charge is 0.163 e. The van der Waals surface area contributed by atoms with Crippen molar-refractivity contribution in [2.75, 3.05) is 18.0 Å². The lowest BCUT2D eigenvalue weighted by Gasteiger charge is -2.25. The molecular formula is C29H39NO. The third-order valence-electron chi connectivity index (χ3n) is 6.37. The highest BCUT2D eigenvalue weighted by atomic mass is 16.1. The first kappa shape index (κ1) is 23.3. The van der Waals surface area contributed by atoms with Crippen molar-refractivity contribution >= 4 is 33.0 Å². The third kappa shape index (κ3) is 6.09. The van der Waals surface area contributed by atoms with E-state index in [2.05, 4.69) is 55.1 Å². The van der Waals surface area contributed by atoms with Gasteiger partial charge in [0.05, 0.1) is 0 Å². The minimum Gasteiger partial charge on any atom is -0.372 e. The van der Waals surface area contributed by atoms with E-state index in [-0.39, 0.29) is 5.78 Å². The summed E-state index contributed by atoms with van der Waals surface area (Å²) in [5.41, 5.74) is 2.17. The molecule has 2 nitrogen and oxygen atoms in total. The molecule has 3 rings (SSSR count). The van der Waals surface area contributed by atoms with Crippen LogP contribution in [0.15, 0.2) is 48.5 Å². The molecule has 0 atom stereocenters. The number of hydrogen-bond donors (Lipinski definition) is 0. The summed E-state index contributed by atoms with van der Waals surface area (Å²) >= 11 is 0. The van der Waals surface area contributed by atoms with Crippen LogP contribution < -0.4 is 4.90 Å². The van der Waals surface area contributed by atoms with Gasteiger partial charge in [0.2, 0.25) is 0 Å². The predicted molar refractivity (Wildman–Crippen MR) is 137 cm³/mol. The van der Waals surface area contributed by atoms with Crippen LogP contribution in [0.4, 0.5) is 5.69 Å². The molecular weight excluding hydrogens is 378 g/mol. The van der Waals surface area contributed by atoms with E-state index in [0.717, 1.165) is 29.4 Å². The second-order valence-electron chi connectivity index (χ2n) is 8.80. The van der Waals surface area contributed by atoms with Gasteiger partial charge in [-0.2, -0.15) is 0 Å². The maximum absolute atomic E-state index is 12.5. The van der Waals surface area contributed by atoms with Crippen LogP contribution in [0.3, 0.4) is 0 Å². The number of Topliss-reactive ketones (excluding diaryl/α,β-unsaturated/α-hetero) is 1. The Hall–Kier alpha value is -2.35. The van der Waals surface area contributed by atoms with Gasteiger partial charge in [0.25, 0.3) is 0 Å². The molecule has 0 N–H and O–H groups in total. The van der Waals surface area contributed by atoms with Crippen molar-refractivity contribution in [2.45, 2.75) is 78.6 Å². The molecule has 2 heteroatoms. The topological polar surface area (TPSA) is 20.3 Å². The first-order valence-corrected chi connectivity index (χ1v) is 12.4. The lowest BCUT2D eigenvalue weighted by atomic mass is 9.96. The second-order valence-corrected chi connectivity index (χ2v) is 8.80. The average molecular weight is 418 g/mol. The Morgan fingerprint density at radius 3 is 2.06 bits per heavy atom. The highest BCUT2D eigenvalue weighted by molar-refractivity contribution is 6.11. The molecule has 0 amide bonds. The Kier molecular flexibility index (Phi) is 8.94. The van der Waals surface area contributed by atoms with Gasteiger partial charge in [0, 0.05) is 30.8 Å². The van der Waals surface area contributed by atoms with Crippen molar-refractivity contribution in [2.24, 2.45) is 0 Å². The number of anilines is 1. The molecule has 0 aliphatic carbocycles. The van der Waals surface area contributed by atoms with Gasteiger partial charge in [-0.25, -0.2) is 0 Å². The molecule has 3 aromatic rings. The molecule has 0 unspecified atom stereocenters. The van der Waals surface area contributed by atoms with E-state index in [1.54, 1.807) is 0 Å². The molecule has 3 aromatic carbocycles. The summed E-state index contributed by atoms with van der Waals surface area (Å²) in [6.07, 6.45) is 10.9. The van der Waals surface area contributed by atoms with Gasteiger partial charge >= 0.3 is 0 Å². The van der Waals surface area contributed by atoms with Gasteiger partial charge in [-0.05, 0) is 58.7 Å². The van der Waals surface area contributed by atoms with Crippen molar-refractivity contribution < 1.29 is 4.79 Å².